The van der Waals surface area contributed by atoms with Gasteiger partial charge in [-0.25, -0.2) is 0 Å². The maximum absolute atomic E-state index is 8.17. The fourth-order valence-corrected chi connectivity index (χ4v) is 4.46. The number of hydrogen-bond donors (Lipinski definition) is 3. The van der Waals surface area contributed by atoms with Crippen molar-refractivity contribution in [2.45, 2.75) is 64.6 Å². The fraction of sp³-hybridized carbons (Fsp3) is 0.500. The molecule has 6 nitrogen and oxygen atoms in total. The number of nitrogens with zero attached hydrogens (tertiary/aromatic N) is 3. The van der Waals surface area contributed by atoms with Crippen molar-refractivity contribution < 1.29 is 0 Å². The first-order chi connectivity index (χ1) is 13.1. The molecule has 1 fully saturated rings. The molecule has 0 amide bonds. The van der Waals surface area contributed by atoms with Gasteiger partial charge in [-0.2, -0.15) is 0 Å². The minimum atomic E-state index is 0.0788. The van der Waals surface area contributed by atoms with Crippen LogP contribution in [-0.4, -0.2) is 40.1 Å². The van der Waals surface area contributed by atoms with E-state index in [2.05, 4.69) is 60.5 Å². The van der Waals surface area contributed by atoms with E-state index in [0.717, 1.165) is 29.9 Å². The highest BCUT2D eigenvalue weighted by Crippen LogP contribution is 2.32. The van der Waals surface area contributed by atoms with Crippen LogP contribution in [0.3, 0.4) is 0 Å². The summed E-state index contributed by atoms with van der Waals surface area (Å²) in [5.41, 5.74) is 2.96. The maximum atomic E-state index is 8.17. The molecule has 0 spiro atoms. The highest BCUT2D eigenvalue weighted by atomic mass is 15.3. The molecule has 28 heavy (non-hydrogen) atoms. The van der Waals surface area contributed by atoms with Gasteiger partial charge in [0.15, 0.2) is 5.82 Å². The molecule has 1 saturated heterocycles. The lowest BCUT2D eigenvalue weighted by Crippen LogP contribution is -2.62. The summed E-state index contributed by atoms with van der Waals surface area (Å²) in [5.74, 6) is 0.862. The summed E-state index contributed by atoms with van der Waals surface area (Å²) in [6.07, 6.45) is 9.78. The van der Waals surface area contributed by atoms with Crippen LogP contribution < -0.4 is 15.5 Å². The van der Waals surface area contributed by atoms with Crippen molar-refractivity contribution in [3.8, 4) is 0 Å². The SMILES string of the molecule is CC(=N)/C(=C1/C=CC=CN1)c1ccc(N(C)C2CC(C)(C)NC(C)(C)C2)nn1. The molecule has 0 atom stereocenters. The van der Waals surface area contributed by atoms with Crippen LogP contribution in [-0.2, 0) is 0 Å². The van der Waals surface area contributed by atoms with Crippen LogP contribution in [0, 0.1) is 5.41 Å². The van der Waals surface area contributed by atoms with Gasteiger partial charge in [-0.3, -0.25) is 0 Å². The molecule has 3 N–H and O–H groups in total. The Bertz CT molecular complexity index is 813. The van der Waals surface area contributed by atoms with Gasteiger partial charge < -0.3 is 20.9 Å². The third-order valence-electron chi connectivity index (χ3n) is 5.34. The summed E-state index contributed by atoms with van der Waals surface area (Å²) >= 11 is 0. The number of hydrogen-bond acceptors (Lipinski definition) is 6. The Morgan fingerprint density at radius 3 is 2.29 bits per heavy atom. The number of aromatic nitrogens is 2. The number of piperidine rings is 1. The highest BCUT2D eigenvalue weighted by molar-refractivity contribution is 6.21. The molecule has 1 aromatic heterocycles. The molecule has 2 aliphatic heterocycles. The van der Waals surface area contributed by atoms with E-state index in [1.165, 1.54) is 0 Å². The predicted molar refractivity (Wildman–Crippen MR) is 116 cm³/mol. The van der Waals surface area contributed by atoms with Crippen LogP contribution in [0.1, 0.15) is 53.2 Å². The van der Waals surface area contributed by atoms with Gasteiger partial charge in [0, 0.05) is 47.3 Å². The van der Waals surface area contributed by atoms with E-state index in [-0.39, 0.29) is 11.1 Å². The van der Waals surface area contributed by atoms with Crippen molar-refractivity contribution in [2.24, 2.45) is 0 Å². The molecule has 6 heteroatoms. The lowest BCUT2D eigenvalue weighted by atomic mass is 9.79. The van der Waals surface area contributed by atoms with Gasteiger partial charge in [-0.05, 0) is 71.7 Å². The van der Waals surface area contributed by atoms with Crippen molar-refractivity contribution in [1.29, 1.82) is 5.41 Å². The Kier molecular flexibility index (Phi) is 5.44. The van der Waals surface area contributed by atoms with Crippen molar-refractivity contribution in [2.75, 3.05) is 11.9 Å². The second-order valence-electron chi connectivity index (χ2n) is 9.12. The minimum Gasteiger partial charge on any atom is -0.361 e. The third kappa shape index (κ3) is 4.50. The number of rotatable bonds is 4. The van der Waals surface area contributed by atoms with Gasteiger partial charge in [0.25, 0.3) is 0 Å². The zero-order valence-corrected chi connectivity index (χ0v) is 17.8. The monoisotopic (exact) mass is 380 g/mol. The minimum absolute atomic E-state index is 0.0788. The van der Waals surface area contributed by atoms with Gasteiger partial charge in [0.1, 0.15) is 0 Å². The molecular weight excluding hydrogens is 348 g/mol. The van der Waals surface area contributed by atoms with Crippen LogP contribution in [0.2, 0.25) is 0 Å². The number of dihydropyridines is 1. The number of nitrogens with one attached hydrogen (secondary N) is 3. The Morgan fingerprint density at radius 1 is 1.11 bits per heavy atom. The van der Waals surface area contributed by atoms with Crippen LogP contribution in [0.25, 0.3) is 5.57 Å². The van der Waals surface area contributed by atoms with Crippen LogP contribution in [0.5, 0.6) is 0 Å². The molecule has 0 radical (unpaired) electrons. The molecule has 0 bridgehead atoms. The van der Waals surface area contributed by atoms with E-state index in [4.69, 9.17) is 5.41 Å². The van der Waals surface area contributed by atoms with E-state index in [1.807, 2.05) is 36.6 Å². The number of anilines is 1. The normalized spacial score (nSPS) is 22.5. The summed E-state index contributed by atoms with van der Waals surface area (Å²) in [6, 6.07) is 4.36. The van der Waals surface area contributed by atoms with Gasteiger partial charge in [0.2, 0.25) is 0 Å². The topological polar surface area (TPSA) is 76.9 Å². The van der Waals surface area contributed by atoms with Gasteiger partial charge >= 0.3 is 0 Å². The molecule has 150 valence electrons. The Morgan fingerprint density at radius 2 is 1.79 bits per heavy atom. The van der Waals surface area contributed by atoms with Gasteiger partial charge in [0.05, 0.1) is 5.69 Å². The summed E-state index contributed by atoms with van der Waals surface area (Å²) < 4.78 is 0. The lowest BCUT2D eigenvalue weighted by molar-refractivity contribution is 0.160. The standard InChI is InChI=1S/C22H32N6/c1-15(23)20(17-9-7-8-12-24-17)18-10-11-19(26-25-18)28(6)16-13-21(2,3)27-22(4,5)14-16/h7-12,16,23-24,27H,13-14H2,1-6H3/b20-17+,23-15?. The Hall–Kier alpha value is -2.47. The van der Waals surface area contributed by atoms with Crippen molar-refractivity contribution >= 4 is 17.1 Å². The average molecular weight is 381 g/mol. The average Bonchev–Trinajstić information content (AvgIpc) is 2.60. The summed E-state index contributed by atoms with van der Waals surface area (Å²) in [7, 11) is 2.10. The zero-order chi connectivity index (χ0) is 20.5. The summed E-state index contributed by atoms with van der Waals surface area (Å²) in [5, 5.41) is 24.1. The Labute approximate surface area is 168 Å². The molecule has 0 unspecified atom stereocenters. The van der Waals surface area contributed by atoms with E-state index >= 15 is 0 Å². The van der Waals surface area contributed by atoms with Crippen LogP contribution >= 0.6 is 0 Å². The third-order valence-corrected chi connectivity index (χ3v) is 5.34. The molecule has 0 aliphatic carbocycles. The zero-order valence-electron chi connectivity index (χ0n) is 17.8. The molecule has 0 aromatic carbocycles. The summed E-state index contributed by atoms with van der Waals surface area (Å²) in [6.45, 7) is 10.8. The van der Waals surface area contributed by atoms with Crippen LogP contribution in [0.15, 0.2) is 42.3 Å². The Balaban J connectivity index is 1.85. The van der Waals surface area contributed by atoms with E-state index < -0.39 is 0 Å². The van der Waals surface area contributed by atoms with Crippen molar-refractivity contribution in [1.82, 2.24) is 20.8 Å². The van der Waals surface area contributed by atoms with E-state index in [1.54, 1.807) is 6.92 Å². The van der Waals surface area contributed by atoms with Gasteiger partial charge in [-0.1, -0.05) is 6.08 Å². The first kappa shape index (κ1) is 20.3. The summed E-state index contributed by atoms with van der Waals surface area (Å²) in [4.78, 5) is 2.24. The molecule has 0 saturated carbocycles. The second kappa shape index (κ2) is 7.51. The quantitative estimate of drug-likeness (QED) is 0.695. The highest BCUT2D eigenvalue weighted by Gasteiger charge is 2.39. The molecule has 1 aromatic rings. The largest absolute Gasteiger partial charge is 0.361 e. The smallest absolute Gasteiger partial charge is 0.151 e. The van der Waals surface area contributed by atoms with E-state index in [0.29, 0.717) is 17.4 Å². The van der Waals surface area contributed by atoms with Crippen molar-refractivity contribution in [3.05, 3.63) is 48.0 Å². The number of allylic oxidation sites excluding steroid dienone is 4. The molecule has 3 heterocycles. The van der Waals surface area contributed by atoms with E-state index in [9.17, 15) is 0 Å². The second-order valence-corrected chi connectivity index (χ2v) is 9.12. The molecule has 2 aliphatic rings. The lowest BCUT2D eigenvalue weighted by Gasteiger charge is -2.49. The predicted octanol–water partition coefficient (Wildman–Crippen LogP) is 3.65. The first-order valence-electron chi connectivity index (χ1n) is 9.84. The molecule has 3 rings (SSSR count). The molecular formula is C22H32N6. The fourth-order valence-electron chi connectivity index (χ4n) is 4.46. The maximum Gasteiger partial charge on any atom is 0.151 e. The van der Waals surface area contributed by atoms with Crippen molar-refractivity contribution in [3.63, 3.8) is 0 Å². The van der Waals surface area contributed by atoms with Crippen LogP contribution in [0.4, 0.5) is 5.82 Å². The van der Waals surface area contributed by atoms with Gasteiger partial charge in [-0.15, -0.1) is 10.2 Å². The first-order valence-corrected chi connectivity index (χ1v) is 9.84.